The van der Waals surface area contributed by atoms with Crippen LogP contribution in [-0.2, 0) is 36.8 Å². The van der Waals surface area contributed by atoms with Crippen LogP contribution < -0.4 is 21.3 Å². The van der Waals surface area contributed by atoms with Crippen LogP contribution in [-0.4, -0.2) is 77.0 Å². The number of nitrogens with one attached hydrogen (secondary N) is 4. The fourth-order valence-corrected chi connectivity index (χ4v) is 9.25. The van der Waals surface area contributed by atoms with Crippen LogP contribution in [0.1, 0.15) is 104 Å². The molecule has 278 valence electrons. The Morgan fingerprint density at radius 3 is 2.10 bits per heavy atom. The summed E-state index contributed by atoms with van der Waals surface area (Å²) in [5, 5.41) is 13.7. The molecule has 0 radical (unpaired) electrons. The first-order chi connectivity index (χ1) is 25.2. The summed E-state index contributed by atoms with van der Waals surface area (Å²) in [6.45, 7) is 0.341. The van der Waals surface area contributed by atoms with Crippen molar-refractivity contribution in [2.75, 3.05) is 6.54 Å². The summed E-state index contributed by atoms with van der Waals surface area (Å²) in [6.07, 6.45) is 12.0. The van der Waals surface area contributed by atoms with Crippen molar-refractivity contribution in [3.05, 3.63) is 57.8 Å². The molecule has 11 nitrogen and oxygen atoms in total. The van der Waals surface area contributed by atoms with E-state index in [9.17, 15) is 28.8 Å². The smallest absolute Gasteiger partial charge is 0.289 e. The first-order valence-corrected chi connectivity index (χ1v) is 20.3. The van der Waals surface area contributed by atoms with E-state index in [4.69, 9.17) is 0 Å². The number of fused-ring (bicyclic) bond motifs is 1. The number of amides is 5. The Morgan fingerprint density at radius 1 is 0.731 bits per heavy atom. The number of benzene rings is 1. The molecule has 12 heteroatoms. The third kappa shape index (κ3) is 8.43. The molecule has 1 aromatic carbocycles. The zero-order chi connectivity index (χ0) is 36.2. The van der Waals surface area contributed by atoms with Gasteiger partial charge >= 0.3 is 0 Å². The van der Waals surface area contributed by atoms with Crippen LogP contribution in [0.5, 0.6) is 0 Å². The van der Waals surface area contributed by atoms with Gasteiger partial charge < -0.3 is 26.2 Å². The van der Waals surface area contributed by atoms with Crippen LogP contribution in [0.3, 0.4) is 0 Å². The quantitative estimate of drug-likeness (QED) is 0.217. The molecule has 0 bridgehead atoms. The second-order valence-corrected chi connectivity index (χ2v) is 16.6. The number of nitrogens with zero attached hydrogens (tertiary/aromatic N) is 1. The Hall–Kier alpha value is -4.06. The van der Waals surface area contributed by atoms with Gasteiger partial charge in [-0.1, -0.05) is 68.9 Å². The maximum absolute atomic E-state index is 14.7. The number of hydrogen-bond acceptors (Lipinski definition) is 7. The molecule has 2 aromatic rings. The second kappa shape index (κ2) is 16.3. The van der Waals surface area contributed by atoms with Gasteiger partial charge in [0.25, 0.3) is 11.8 Å². The Labute approximate surface area is 309 Å². The summed E-state index contributed by atoms with van der Waals surface area (Å²) in [4.78, 5) is 84.6. The van der Waals surface area contributed by atoms with E-state index >= 15 is 0 Å². The van der Waals surface area contributed by atoms with Crippen LogP contribution >= 0.6 is 11.3 Å². The molecule has 1 aliphatic heterocycles. The number of thiophene rings is 1. The molecule has 5 aliphatic rings. The zero-order valence-electron chi connectivity index (χ0n) is 29.8. The van der Waals surface area contributed by atoms with Crippen LogP contribution in [0.15, 0.2) is 41.8 Å². The van der Waals surface area contributed by atoms with E-state index in [0.29, 0.717) is 43.5 Å². The molecule has 3 saturated carbocycles. The monoisotopic (exact) mass is 729 g/mol. The number of likely N-dealkylation sites (tertiary alicyclic amines) is 1. The molecular weight excluding hydrogens is 679 g/mol. The number of ketones is 1. The predicted molar refractivity (Wildman–Crippen MR) is 196 cm³/mol. The first-order valence-electron chi connectivity index (χ1n) is 19.4. The molecule has 4 aliphatic carbocycles. The van der Waals surface area contributed by atoms with Gasteiger partial charge in [-0.25, -0.2) is 0 Å². The molecule has 4 fully saturated rings. The average Bonchev–Trinajstić information content (AvgIpc) is 3.52. The first kappa shape index (κ1) is 36.3. The topological polar surface area (TPSA) is 154 Å². The van der Waals surface area contributed by atoms with E-state index in [-0.39, 0.29) is 41.5 Å². The largest absolute Gasteiger partial charge is 0.347 e. The molecule has 7 rings (SSSR count). The number of carbonyl (C=O) groups excluding carboxylic acids is 6. The third-order valence-corrected chi connectivity index (χ3v) is 12.8. The fraction of sp³-hybridized carbons (Fsp3) is 0.600. The Morgan fingerprint density at radius 2 is 1.46 bits per heavy atom. The molecule has 1 aromatic heterocycles. The summed E-state index contributed by atoms with van der Waals surface area (Å²) in [7, 11) is 0. The van der Waals surface area contributed by atoms with Gasteiger partial charge in [0.1, 0.15) is 18.1 Å². The van der Waals surface area contributed by atoms with Crippen LogP contribution in [0.2, 0.25) is 0 Å². The average molecular weight is 730 g/mol. The highest BCUT2D eigenvalue weighted by Crippen LogP contribution is 2.33. The summed E-state index contributed by atoms with van der Waals surface area (Å²) < 4.78 is 0. The van der Waals surface area contributed by atoms with E-state index in [2.05, 4.69) is 33.4 Å². The molecule has 0 spiro atoms. The molecule has 2 heterocycles. The Kier molecular flexibility index (Phi) is 11.4. The van der Waals surface area contributed by atoms with Crippen LogP contribution in [0.25, 0.3) is 0 Å². The number of hydrogen-bond donors (Lipinski definition) is 4. The van der Waals surface area contributed by atoms with Crippen molar-refractivity contribution in [1.29, 1.82) is 0 Å². The lowest BCUT2D eigenvalue weighted by Gasteiger charge is -2.35. The van der Waals surface area contributed by atoms with Gasteiger partial charge in [0, 0.05) is 12.6 Å². The standard InChI is InChI=1S/C40H51N5O6S/c46-35(39(50)41-29-17-18-29)30(21-24-9-6-10-24)42-36(47)31-15-7-19-45(31)40(51)34(28-22-26-13-4-5-14-27(26)23-28)44-38(49)33(25-11-2-1-3-12-25)43-37(48)32-16-8-20-52-32/h4-5,8,13-14,16,20,24-25,28-31,33-34H,1-3,6-7,9-12,15,17-19,21-23H2,(H,41,50)(H,42,47)(H,43,48)(H,44,49)/t30?,31?,33?,34-/m0/s1. The Balaban J connectivity index is 1.10. The van der Waals surface area contributed by atoms with Gasteiger partial charge in [-0.3, -0.25) is 28.8 Å². The molecule has 4 atom stereocenters. The van der Waals surface area contributed by atoms with E-state index in [1.54, 1.807) is 17.0 Å². The van der Waals surface area contributed by atoms with Crippen LogP contribution in [0, 0.1) is 17.8 Å². The maximum atomic E-state index is 14.7. The van der Waals surface area contributed by atoms with Crippen molar-refractivity contribution < 1.29 is 28.8 Å². The van der Waals surface area contributed by atoms with Crippen LogP contribution in [0.4, 0.5) is 0 Å². The molecule has 3 unspecified atom stereocenters. The second-order valence-electron chi connectivity index (χ2n) is 15.6. The van der Waals surface area contributed by atoms with E-state index in [0.717, 1.165) is 75.3 Å². The predicted octanol–water partition coefficient (Wildman–Crippen LogP) is 3.84. The van der Waals surface area contributed by atoms with E-state index < -0.39 is 41.8 Å². The third-order valence-electron chi connectivity index (χ3n) is 12.0. The summed E-state index contributed by atoms with van der Waals surface area (Å²) >= 11 is 1.32. The lowest BCUT2D eigenvalue weighted by atomic mass is 9.80. The maximum Gasteiger partial charge on any atom is 0.289 e. The fourth-order valence-electron chi connectivity index (χ4n) is 8.62. The molecular formula is C40H51N5O6S. The Bertz CT molecular complexity index is 1620. The lowest BCUT2D eigenvalue weighted by Crippen LogP contribution is -2.61. The van der Waals surface area contributed by atoms with Crippen molar-refractivity contribution in [3.8, 4) is 0 Å². The number of rotatable bonds is 14. The number of carbonyl (C=O) groups is 6. The van der Waals surface area contributed by atoms with Gasteiger partial charge in [0.15, 0.2) is 0 Å². The molecule has 5 amide bonds. The van der Waals surface area contributed by atoms with E-state index in [1.807, 2.05) is 17.5 Å². The highest BCUT2D eigenvalue weighted by molar-refractivity contribution is 7.12. The minimum atomic E-state index is -0.947. The summed E-state index contributed by atoms with van der Waals surface area (Å²) in [6, 6.07) is 8.12. The van der Waals surface area contributed by atoms with Crippen molar-refractivity contribution >= 4 is 46.7 Å². The highest BCUT2D eigenvalue weighted by atomic mass is 32.1. The molecule has 1 saturated heterocycles. The normalized spacial score (nSPS) is 22.4. The van der Waals surface area contributed by atoms with Gasteiger partial charge in [-0.05, 0) is 98.1 Å². The van der Waals surface area contributed by atoms with Crippen molar-refractivity contribution in [3.63, 3.8) is 0 Å². The SMILES string of the molecule is O=C(NC1CC1)C(=O)C(CC1CCC1)NC(=O)C1CCCN1C(=O)[C@@H](NC(=O)C(NC(=O)c1cccs1)C1CCCCC1)C1Cc2ccccc2C1. The van der Waals surface area contributed by atoms with Crippen molar-refractivity contribution in [2.24, 2.45) is 17.8 Å². The van der Waals surface area contributed by atoms with Gasteiger partial charge in [-0.15, -0.1) is 11.3 Å². The lowest BCUT2D eigenvalue weighted by molar-refractivity contribution is -0.144. The van der Waals surface area contributed by atoms with Gasteiger partial charge in [0.2, 0.25) is 23.5 Å². The van der Waals surface area contributed by atoms with E-state index in [1.165, 1.54) is 11.3 Å². The summed E-state index contributed by atoms with van der Waals surface area (Å²) in [5.74, 6) is -2.76. The van der Waals surface area contributed by atoms with Crippen molar-refractivity contribution in [1.82, 2.24) is 26.2 Å². The zero-order valence-corrected chi connectivity index (χ0v) is 30.6. The minimum absolute atomic E-state index is 0.0232. The molecule has 52 heavy (non-hydrogen) atoms. The van der Waals surface area contributed by atoms with Gasteiger partial charge in [0.05, 0.1) is 10.9 Å². The van der Waals surface area contributed by atoms with Gasteiger partial charge in [-0.2, -0.15) is 0 Å². The summed E-state index contributed by atoms with van der Waals surface area (Å²) in [5.41, 5.74) is 2.26. The minimum Gasteiger partial charge on any atom is -0.347 e. The number of Topliss-reactive ketones (excluding diaryl/α,β-unsaturated/α-hetero) is 1. The highest BCUT2D eigenvalue weighted by Gasteiger charge is 2.45. The van der Waals surface area contributed by atoms with Crippen molar-refractivity contribution in [2.45, 2.75) is 127 Å². The molecule has 4 N–H and O–H groups in total.